The van der Waals surface area contributed by atoms with Crippen molar-refractivity contribution in [2.45, 2.75) is 45.3 Å². The summed E-state index contributed by atoms with van der Waals surface area (Å²) >= 11 is 1.67. The van der Waals surface area contributed by atoms with Gasteiger partial charge in [-0.15, -0.1) is 11.8 Å². The smallest absolute Gasteiger partial charge is 0.232 e. The summed E-state index contributed by atoms with van der Waals surface area (Å²) in [5.74, 6) is 1.67. The predicted molar refractivity (Wildman–Crippen MR) is 89.2 cm³/mol. The molecule has 1 aliphatic heterocycles. The van der Waals surface area contributed by atoms with Gasteiger partial charge < -0.3 is 4.90 Å². The van der Waals surface area contributed by atoms with Crippen LogP contribution >= 0.6 is 11.8 Å². The van der Waals surface area contributed by atoms with Crippen LogP contribution in [0.25, 0.3) is 0 Å². The summed E-state index contributed by atoms with van der Waals surface area (Å²) in [7, 11) is 0. The average Bonchev–Trinajstić information content (AvgIpc) is 2.56. The van der Waals surface area contributed by atoms with Crippen molar-refractivity contribution in [1.82, 2.24) is 9.88 Å². The molecule has 0 saturated carbocycles. The number of rotatable bonds is 6. The Kier molecular flexibility index (Phi) is 6.09. The van der Waals surface area contributed by atoms with Crippen LogP contribution in [0.5, 0.6) is 0 Å². The molecule has 0 bridgehead atoms. The SMILES string of the molecule is CCC1(CC)CCN(C(=O)CSCc2ccccn2)CC1. The number of nitrogens with zero attached hydrogens (tertiary/aromatic N) is 2. The van der Waals surface area contributed by atoms with Crippen LogP contribution in [-0.2, 0) is 10.5 Å². The molecule has 116 valence electrons. The topological polar surface area (TPSA) is 33.2 Å². The van der Waals surface area contributed by atoms with Crippen molar-refractivity contribution in [3.05, 3.63) is 30.1 Å². The monoisotopic (exact) mass is 306 g/mol. The molecule has 21 heavy (non-hydrogen) atoms. The lowest BCUT2D eigenvalue weighted by atomic mass is 9.74. The summed E-state index contributed by atoms with van der Waals surface area (Å²) in [5, 5.41) is 0. The van der Waals surface area contributed by atoms with Crippen LogP contribution in [0.3, 0.4) is 0 Å². The number of carbonyl (C=O) groups is 1. The molecular weight excluding hydrogens is 280 g/mol. The Bertz CT molecular complexity index is 435. The molecule has 0 N–H and O–H groups in total. The lowest BCUT2D eigenvalue weighted by molar-refractivity contribution is -0.130. The van der Waals surface area contributed by atoms with E-state index in [1.54, 1.807) is 18.0 Å². The Morgan fingerprint density at radius 2 is 2.00 bits per heavy atom. The molecule has 2 rings (SSSR count). The second-order valence-electron chi connectivity index (χ2n) is 5.90. The minimum atomic E-state index is 0.289. The van der Waals surface area contributed by atoms with E-state index in [2.05, 4.69) is 23.7 Å². The van der Waals surface area contributed by atoms with Gasteiger partial charge in [-0.3, -0.25) is 9.78 Å². The van der Waals surface area contributed by atoms with E-state index in [-0.39, 0.29) is 5.91 Å². The van der Waals surface area contributed by atoms with Crippen LogP contribution in [0, 0.1) is 5.41 Å². The number of piperidine rings is 1. The summed E-state index contributed by atoms with van der Waals surface area (Å²) < 4.78 is 0. The summed E-state index contributed by atoms with van der Waals surface area (Å²) in [6, 6.07) is 5.92. The standard InChI is InChI=1S/C17H26N2OS/c1-3-17(4-2)8-11-19(12-9-17)16(20)14-21-13-15-7-5-6-10-18-15/h5-7,10H,3-4,8-9,11-14H2,1-2H3. The number of likely N-dealkylation sites (tertiary alicyclic amines) is 1. The maximum Gasteiger partial charge on any atom is 0.232 e. The molecule has 0 aliphatic carbocycles. The van der Waals surface area contributed by atoms with Gasteiger partial charge in [-0.05, 0) is 30.4 Å². The zero-order valence-corrected chi connectivity index (χ0v) is 14.0. The lowest BCUT2D eigenvalue weighted by Crippen LogP contribution is -2.43. The molecule has 1 amide bonds. The van der Waals surface area contributed by atoms with Crippen molar-refractivity contribution in [3.63, 3.8) is 0 Å². The molecule has 1 aliphatic rings. The maximum absolute atomic E-state index is 12.3. The quantitative estimate of drug-likeness (QED) is 0.802. The normalized spacial score (nSPS) is 17.7. The van der Waals surface area contributed by atoms with Crippen molar-refractivity contribution in [1.29, 1.82) is 0 Å². The van der Waals surface area contributed by atoms with Crippen LogP contribution in [-0.4, -0.2) is 34.6 Å². The largest absolute Gasteiger partial charge is 0.342 e. The van der Waals surface area contributed by atoms with Crippen LogP contribution in [0.1, 0.15) is 45.2 Å². The van der Waals surface area contributed by atoms with Gasteiger partial charge in [0.15, 0.2) is 0 Å². The minimum absolute atomic E-state index is 0.289. The summed E-state index contributed by atoms with van der Waals surface area (Å²) in [6.07, 6.45) is 6.60. The maximum atomic E-state index is 12.3. The first-order valence-electron chi connectivity index (χ1n) is 7.94. The summed E-state index contributed by atoms with van der Waals surface area (Å²) in [6.45, 7) is 6.43. The van der Waals surface area contributed by atoms with Gasteiger partial charge in [-0.2, -0.15) is 0 Å². The zero-order valence-electron chi connectivity index (χ0n) is 13.2. The number of amides is 1. The average molecular weight is 306 g/mol. The van der Waals surface area contributed by atoms with E-state index >= 15 is 0 Å². The van der Waals surface area contributed by atoms with Gasteiger partial charge in [0.1, 0.15) is 0 Å². The Labute approximate surface area is 132 Å². The first-order chi connectivity index (χ1) is 10.2. The van der Waals surface area contributed by atoms with Crippen LogP contribution < -0.4 is 0 Å². The van der Waals surface area contributed by atoms with Gasteiger partial charge in [-0.1, -0.05) is 32.8 Å². The highest BCUT2D eigenvalue weighted by Gasteiger charge is 2.32. The lowest BCUT2D eigenvalue weighted by Gasteiger charge is -2.41. The molecule has 0 aromatic carbocycles. The molecule has 1 fully saturated rings. The van der Waals surface area contributed by atoms with E-state index in [4.69, 9.17) is 0 Å². The molecule has 1 aromatic heterocycles. The van der Waals surface area contributed by atoms with Gasteiger partial charge in [-0.25, -0.2) is 0 Å². The van der Waals surface area contributed by atoms with E-state index in [0.717, 1.165) is 37.4 Å². The van der Waals surface area contributed by atoms with E-state index in [1.165, 1.54) is 12.8 Å². The van der Waals surface area contributed by atoms with E-state index in [1.807, 2.05) is 18.2 Å². The van der Waals surface area contributed by atoms with Crippen molar-refractivity contribution < 1.29 is 4.79 Å². The van der Waals surface area contributed by atoms with Crippen molar-refractivity contribution >= 4 is 17.7 Å². The van der Waals surface area contributed by atoms with E-state index < -0.39 is 0 Å². The number of pyridine rings is 1. The molecule has 0 unspecified atom stereocenters. The minimum Gasteiger partial charge on any atom is -0.342 e. The van der Waals surface area contributed by atoms with Gasteiger partial charge in [0.05, 0.1) is 11.4 Å². The molecule has 4 heteroatoms. The van der Waals surface area contributed by atoms with E-state index in [9.17, 15) is 4.79 Å². The fraction of sp³-hybridized carbons (Fsp3) is 0.647. The highest BCUT2D eigenvalue weighted by molar-refractivity contribution is 7.99. The molecule has 1 saturated heterocycles. The second-order valence-corrected chi connectivity index (χ2v) is 6.89. The Hall–Kier alpha value is -1.03. The first-order valence-corrected chi connectivity index (χ1v) is 9.10. The fourth-order valence-corrected chi connectivity index (χ4v) is 3.84. The van der Waals surface area contributed by atoms with Gasteiger partial charge in [0.25, 0.3) is 0 Å². The van der Waals surface area contributed by atoms with Crippen LogP contribution in [0.2, 0.25) is 0 Å². The van der Waals surface area contributed by atoms with Gasteiger partial charge in [0, 0.05) is 25.0 Å². The first kappa shape index (κ1) is 16.3. The molecule has 2 heterocycles. The molecule has 3 nitrogen and oxygen atoms in total. The summed E-state index contributed by atoms with van der Waals surface area (Å²) in [5.41, 5.74) is 1.53. The zero-order chi connectivity index (χ0) is 15.1. The van der Waals surface area contributed by atoms with E-state index in [0.29, 0.717) is 11.2 Å². The van der Waals surface area contributed by atoms with Gasteiger partial charge >= 0.3 is 0 Å². The van der Waals surface area contributed by atoms with Crippen molar-refractivity contribution in [3.8, 4) is 0 Å². The second kappa shape index (κ2) is 7.83. The number of aromatic nitrogens is 1. The van der Waals surface area contributed by atoms with Crippen molar-refractivity contribution in [2.24, 2.45) is 5.41 Å². The fourth-order valence-electron chi connectivity index (χ4n) is 3.01. The Morgan fingerprint density at radius 3 is 2.57 bits per heavy atom. The van der Waals surface area contributed by atoms with Crippen molar-refractivity contribution in [2.75, 3.05) is 18.8 Å². The molecule has 0 radical (unpaired) electrons. The van der Waals surface area contributed by atoms with Gasteiger partial charge in [0.2, 0.25) is 5.91 Å². The number of thioether (sulfide) groups is 1. The Morgan fingerprint density at radius 1 is 1.29 bits per heavy atom. The highest BCUT2D eigenvalue weighted by Crippen LogP contribution is 2.37. The molecule has 1 aromatic rings. The third kappa shape index (κ3) is 4.47. The molecule has 0 atom stereocenters. The van der Waals surface area contributed by atoms with Crippen LogP contribution in [0.4, 0.5) is 0 Å². The third-order valence-electron chi connectivity index (χ3n) is 4.88. The Balaban J connectivity index is 1.73. The molecular formula is C17H26N2OS. The summed E-state index contributed by atoms with van der Waals surface area (Å²) in [4.78, 5) is 18.6. The third-order valence-corrected chi connectivity index (χ3v) is 5.83. The predicted octanol–water partition coefficient (Wildman–Crippen LogP) is 3.74. The number of hydrogen-bond acceptors (Lipinski definition) is 3. The highest BCUT2D eigenvalue weighted by atomic mass is 32.2. The number of hydrogen-bond donors (Lipinski definition) is 0. The molecule has 0 spiro atoms. The number of carbonyl (C=O) groups excluding carboxylic acids is 1. The van der Waals surface area contributed by atoms with Crippen LogP contribution in [0.15, 0.2) is 24.4 Å².